The monoisotopic (exact) mass is 349 g/mol. The fraction of sp³-hybridized carbons (Fsp3) is 0.0526. The molecule has 1 fully saturated rings. The molecule has 7 nitrogen and oxygen atoms in total. The molecule has 0 atom stereocenters. The van der Waals surface area contributed by atoms with Crippen molar-refractivity contribution in [1.82, 2.24) is 10.6 Å². The summed E-state index contributed by atoms with van der Waals surface area (Å²) >= 11 is 0. The summed E-state index contributed by atoms with van der Waals surface area (Å²) in [5, 5.41) is 6.77. The summed E-state index contributed by atoms with van der Waals surface area (Å²) in [6.45, 7) is 1.93. The number of aryl methyl sites for hydroxylation is 1. The maximum absolute atomic E-state index is 12.3. The third kappa shape index (κ3) is 3.84. The van der Waals surface area contributed by atoms with E-state index in [-0.39, 0.29) is 11.5 Å². The van der Waals surface area contributed by atoms with Gasteiger partial charge in [-0.25, -0.2) is 4.79 Å². The first-order valence-electron chi connectivity index (χ1n) is 7.79. The molecule has 1 heterocycles. The number of hydrogen-bond donors (Lipinski definition) is 3. The quantitative estimate of drug-likeness (QED) is 0.582. The Labute approximate surface area is 149 Å². The molecule has 0 unspecified atom stereocenters. The number of benzene rings is 2. The molecule has 130 valence electrons. The minimum Gasteiger partial charge on any atom is -0.322 e. The van der Waals surface area contributed by atoms with E-state index in [0.717, 1.165) is 5.56 Å². The van der Waals surface area contributed by atoms with Gasteiger partial charge in [-0.1, -0.05) is 29.8 Å². The Balaban J connectivity index is 1.80. The van der Waals surface area contributed by atoms with Crippen molar-refractivity contribution in [3.05, 3.63) is 70.8 Å². The molecule has 1 saturated heterocycles. The molecule has 7 heteroatoms. The SMILES string of the molecule is Cc1ccc(C(=O)Nc2cccc(C=C3C(=O)NC(=O)NC3=O)c2)cc1. The van der Waals surface area contributed by atoms with Crippen molar-refractivity contribution in [3.8, 4) is 0 Å². The van der Waals surface area contributed by atoms with Gasteiger partial charge in [-0.3, -0.25) is 25.0 Å². The highest BCUT2D eigenvalue weighted by Gasteiger charge is 2.27. The van der Waals surface area contributed by atoms with Crippen LogP contribution in [0.1, 0.15) is 21.5 Å². The zero-order valence-corrected chi connectivity index (χ0v) is 13.8. The Kier molecular flexibility index (Phi) is 4.62. The van der Waals surface area contributed by atoms with Crippen LogP contribution < -0.4 is 16.0 Å². The number of amides is 5. The van der Waals surface area contributed by atoms with Crippen molar-refractivity contribution in [1.29, 1.82) is 0 Å². The average molecular weight is 349 g/mol. The number of imide groups is 2. The Bertz CT molecular complexity index is 924. The van der Waals surface area contributed by atoms with Crippen LogP contribution in [0.4, 0.5) is 10.5 Å². The van der Waals surface area contributed by atoms with Gasteiger partial charge in [-0.2, -0.15) is 0 Å². The van der Waals surface area contributed by atoms with Gasteiger partial charge in [0, 0.05) is 11.3 Å². The predicted molar refractivity (Wildman–Crippen MR) is 95.2 cm³/mol. The highest BCUT2D eigenvalue weighted by Crippen LogP contribution is 2.16. The third-order valence-corrected chi connectivity index (χ3v) is 3.71. The summed E-state index contributed by atoms with van der Waals surface area (Å²) in [6.07, 6.45) is 1.35. The van der Waals surface area contributed by atoms with Crippen LogP contribution >= 0.6 is 0 Å². The van der Waals surface area contributed by atoms with E-state index in [2.05, 4.69) is 5.32 Å². The number of barbiturate groups is 1. The predicted octanol–water partition coefficient (Wildman–Crippen LogP) is 2.00. The normalized spacial score (nSPS) is 13.7. The first-order chi connectivity index (χ1) is 12.4. The summed E-state index contributed by atoms with van der Waals surface area (Å²) < 4.78 is 0. The Morgan fingerprint density at radius 1 is 0.962 bits per heavy atom. The van der Waals surface area contributed by atoms with E-state index < -0.39 is 17.8 Å². The molecule has 26 heavy (non-hydrogen) atoms. The lowest BCUT2D eigenvalue weighted by Crippen LogP contribution is -2.51. The standard InChI is InChI=1S/C19H15N3O4/c1-11-5-7-13(8-6-11)16(23)20-14-4-2-3-12(9-14)10-15-17(24)21-19(26)22-18(15)25/h2-10H,1H3,(H,20,23)(H2,21,22,24,25,26). The van der Waals surface area contributed by atoms with Crippen LogP contribution in [-0.2, 0) is 9.59 Å². The second-order valence-corrected chi connectivity index (χ2v) is 5.74. The molecule has 0 aromatic heterocycles. The molecule has 0 bridgehead atoms. The largest absolute Gasteiger partial charge is 0.328 e. The topological polar surface area (TPSA) is 104 Å². The molecular formula is C19H15N3O4. The summed E-state index contributed by atoms with van der Waals surface area (Å²) in [5.74, 6) is -1.81. The van der Waals surface area contributed by atoms with Crippen LogP contribution in [0.3, 0.4) is 0 Å². The molecule has 1 aliphatic rings. The molecule has 0 radical (unpaired) electrons. The number of rotatable bonds is 3. The summed E-state index contributed by atoms with van der Waals surface area (Å²) in [5.41, 5.74) is 2.42. The van der Waals surface area contributed by atoms with Gasteiger partial charge in [0.25, 0.3) is 17.7 Å². The number of hydrogen-bond acceptors (Lipinski definition) is 4. The molecule has 5 amide bonds. The molecular weight excluding hydrogens is 334 g/mol. The van der Waals surface area contributed by atoms with Crippen molar-refractivity contribution in [2.75, 3.05) is 5.32 Å². The molecule has 0 spiro atoms. The third-order valence-electron chi connectivity index (χ3n) is 3.71. The molecule has 3 rings (SSSR count). The van der Waals surface area contributed by atoms with E-state index in [9.17, 15) is 19.2 Å². The van der Waals surface area contributed by atoms with Crippen LogP contribution in [0.25, 0.3) is 6.08 Å². The maximum atomic E-state index is 12.3. The van der Waals surface area contributed by atoms with Gasteiger partial charge in [0.1, 0.15) is 5.57 Å². The Hall–Kier alpha value is -3.74. The van der Waals surface area contributed by atoms with Gasteiger partial charge in [0.05, 0.1) is 0 Å². The number of carbonyl (C=O) groups excluding carboxylic acids is 4. The van der Waals surface area contributed by atoms with Crippen molar-refractivity contribution in [2.24, 2.45) is 0 Å². The highest BCUT2D eigenvalue weighted by atomic mass is 16.2. The molecule has 2 aromatic carbocycles. The molecule has 3 N–H and O–H groups in total. The first-order valence-corrected chi connectivity index (χ1v) is 7.79. The van der Waals surface area contributed by atoms with E-state index in [1.165, 1.54) is 6.08 Å². The number of anilines is 1. The fourth-order valence-corrected chi connectivity index (χ4v) is 2.39. The zero-order valence-electron chi connectivity index (χ0n) is 13.8. The van der Waals surface area contributed by atoms with Crippen LogP contribution in [0.15, 0.2) is 54.1 Å². The van der Waals surface area contributed by atoms with Crippen molar-refractivity contribution < 1.29 is 19.2 Å². The van der Waals surface area contributed by atoms with Crippen molar-refractivity contribution in [3.63, 3.8) is 0 Å². The van der Waals surface area contributed by atoms with Crippen LogP contribution in [0, 0.1) is 6.92 Å². The molecule has 0 aliphatic carbocycles. The lowest BCUT2D eigenvalue weighted by atomic mass is 10.1. The average Bonchev–Trinajstić information content (AvgIpc) is 2.59. The first kappa shape index (κ1) is 17.1. The highest BCUT2D eigenvalue weighted by molar-refractivity contribution is 6.31. The van der Waals surface area contributed by atoms with Crippen molar-refractivity contribution >= 4 is 35.5 Å². The van der Waals surface area contributed by atoms with Crippen molar-refractivity contribution in [2.45, 2.75) is 6.92 Å². The van der Waals surface area contributed by atoms with Gasteiger partial charge in [0.2, 0.25) is 0 Å². The lowest BCUT2D eigenvalue weighted by molar-refractivity contribution is -0.123. The Morgan fingerprint density at radius 2 is 1.62 bits per heavy atom. The zero-order chi connectivity index (χ0) is 18.7. The number of carbonyl (C=O) groups is 4. The smallest absolute Gasteiger partial charge is 0.322 e. The van der Waals surface area contributed by atoms with E-state index in [1.807, 2.05) is 29.7 Å². The van der Waals surface area contributed by atoms with Crippen LogP contribution in [0.5, 0.6) is 0 Å². The maximum Gasteiger partial charge on any atom is 0.328 e. The van der Waals surface area contributed by atoms with Crippen LogP contribution in [-0.4, -0.2) is 23.8 Å². The van der Waals surface area contributed by atoms with Crippen LogP contribution in [0.2, 0.25) is 0 Å². The van der Waals surface area contributed by atoms with Gasteiger partial charge >= 0.3 is 6.03 Å². The minimum absolute atomic E-state index is 0.188. The van der Waals surface area contributed by atoms with Gasteiger partial charge in [0.15, 0.2) is 0 Å². The van der Waals surface area contributed by atoms with E-state index in [0.29, 0.717) is 16.8 Å². The van der Waals surface area contributed by atoms with E-state index >= 15 is 0 Å². The molecule has 2 aromatic rings. The van der Waals surface area contributed by atoms with Gasteiger partial charge < -0.3 is 5.32 Å². The van der Waals surface area contributed by atoms with E-state index in [1.54, 1.807) is 36.4 Å². The number of urea groups is 1. The Morgan fingerprint density at radius 3 is 2.27 bits per heavy atom. The minimum atomic E-state index is -0.851. The second kappa shape index (κ2) is 7.02. The summed E-state index contributed by atoms with van der Waals surface area (Å²) in [4.78, 5) is 46.9. The summed E-state index contributed by atoms with van der Waals surface area (Å²) in [7, 11) is 0. The lowest BCUT2D eigenvalue weighted by Gasteiger charge is -2.14. The van der Waals surface area contributed by atoms with Gasteiger partial charge in [-0.15, -0.1) is 0 Å². The fourth-order valence-electron chi connectivity index (χ4n) is 2.39. The number of nitrogens with one attached hydrogen (secondary N) is 3. The second-order valence-electron chi connectivity index (χ2n) is 5.74. The molecule has 1 aliphatic heterocycles. The molecule has 0 saturated carbocycles. The van der Waals surface area contributed by atoms with E-state index in [4.69, 9.17) is 0 Å². The summed E-state index contributed by atoms with van der Waals surface area (Å²) in [6, 6.07) is 13.0. The van der Waals surface area contributed by atoms with Gasteiger partial charge in [-0.05, 0) is 42.8 Å².